The molecular weight excluding hydrogens is 933 g/mol. The van der Waals surface area contributed by atoms with Gasteiger partial charge in [0.25, 0.3) is 0 Å². The van der Waals surface area contributed by atoms with Crippen molar-refractivity contribution in [1.29, 1.82) is 0 Å². The van der Waals surface area contributed by atoms with Gasteiger partial charge >= 0.3 is 0 Å². The minimum Gasteiger partial charge on any atom is -0.494 e. The van der Waals surface area contributed by atoms with Crippen LogP contribution in [0.5, 0.6) is 11.5 Å². The Bertz CT molecular complexity index is 3310. The van der Waals surface area contributed by atoms with Gasteiger partial charge < -0.3 is 59.1 Å². The summed E-state index contributed by atoms with van der Waals surface area (Å²) in [6.45, 7) is 6.65. The zero-order valence-corrected chi connectivity index (χ0v) is 44.0. The van der Waals surface area contributed by atoms with Crippen molar-refractivity contribution in [2.45, 2.75) is 6.42 Å². The number of benzene rings is 4. The Morgan fingerprint density at radius 3 is 1.73 bits per heavy atom. The van der Waals surface area contributed by atoms with E-state index in [1.807, 2.05) is 122 Å². The Labute approximate surface area is 432 Å². The first kappa shape index (κ1) is 51.9. The zero-order valence-electron chi connectivity index (χ0n) is 44.0. The van der Waals surface area contributed by atoms with Crippen LogP contribution in [0.4, 0.5) is 46.0 Å². The number of carbonyl (C=O) groups excluding carboxylic acids is 2. The third-order valence-electron chi connectivity index (χ3n) is 12.9. The molecule has 0 saturated carbocycles. The number of aryl methyl sites for hydroxylation is 2. The van der Waals surface area contributed by atoms with Gasteiger partial charge in [-0.05, 0) is 70.7 Å². The van der Waals surface area contributed by atoms with Crippen molar-refractivity contribution in [2.24, 2.45) is 14.1 Å². The topological polar surface area (TPSA) is 166 Å². The molecule has 0 aliphatic rings. The quantitative estimate of drug-likeness (QED) is 0.0553. The summed E-state index contributed by atoms with van der Waals surface area (Å²) in [6.07, 6.45) is 8.77. The lowest BCUT2D eigenvalue weighted by molar-refractivity contribution is -0.116. The molecule has 0 fully saturated rings. The summed E-state index contributed by atoms with van der Waals surface area (Å²) >= 11 is 0. The lowest BCUT2D eigenvalue weighted by atomic mass is 10.1. The third-order valence-corrected chi connectivity index (χ3v) is 12.9. The molecule has 384 valence electrons. The molecule has 0 aliphatic heterocycles. The van der Waals surface area contributed by atoms with Gasteiger partial charge in [-0.15, -0.1) is 0 Å². The molecule has 0 aliphatic carbocycles. The normalized spacial score (nSPS) is 11.3. The van der Waals surface area contributed by atoms with Gasteiger partial charge in [-0.2, -0.15) is 0 Å². The van der Waals surface area contributed by atoms with Crippen molar-refractivity contribution in [1.82, 2.24) is 38.9 Å². The molecule has 18 nitrogen and oxygen atoms in total. The van der Waals surface area contributed by atoms with E-state index in [9.17, 15) is 9.59 Å². The Balaban J connectivity index is 1.17. The average Bonchev–Trinajstić information content (AvgIpc) is 3.93. The van der Waals surface area contributed by atoms with E-state index in [2.05, 4.69) is 92.9 Å². The fourth-order valence-electron chi connectivity index (χ4n) is 8.89. The van der Waals surface area contributed by atoms with Crippen LogP contribution < -0.4 is 40.1 Å². The van der Waals surface area contributed by atoms with Crippen molar-refractivity contribution in [3.8, 4) is 34.0 Å². The predicted octanol–water partition coefficient (Wildman–Crippen LogP) is 8.63. The van der Waals surface area contributed by atoms with Crippen molar-refractivity contribution in [2.75, 3.05) is 120 Å². The molecule has 0 unspecified atom stereocenters. The minimum atomic E-state index is -0.382. The van der Waals surface area contributed by atoms with E-state index in [0.29, 0.717) is 64.9 Å². The van der Waals surface area contributed by atoms with Gasteiger partial charge in [-0.1, -0.05) is 43.0 Å². The fourth-order valence-corrected chi connectivity index (χ4v) is 8.89. The minimum absolute atomic E-state index is 0.0182. The highest BCUT2D eigenvalue weighted by Gasteiger charge is 2.25. The number of ether oxygens (including phenoxy) is 2. The second kappa shape index (κ2) is 22.9. The second-order valence-corrected chi connectivity index (χ2v) is 18.7. The largest absolute Gasteiger partial charge is 0.494 e. The molecule has 4 heterocycles. The summed E-state index contributed by atoms with van der Waals surface area (Å²) in [5.41, 5.74) is 9.11. The molecule has 0 spiro atoms. The van der Waals surface area contributed by atoms with E-state index in [4.69, 9.17) is 24.4 Å². The van der Waals surface area contributed by atoms with Crippen LogP contribution in [-0.4, -0.2) is 140 Å². The average molecular weight is 999 g/mol. The number of nitrogens with zero attached hydrogens (tertiary/aromatic N) is 11. The van der Waals surface area contributed by atoms with Gasteiger partial charge in [0.2, 0.25) is 23.7 Å². The molecule has 0 saturated heterocycles. The fraction of sp³-hybridized carbons (Fsp3) is 0.286. The number of hydrogen-bond donors (Lipinski definition) is 3. The van der Waals surface area contributed by atoms with E-state index >= 15 is 0 Å². The molecule has 0 radical (unpaired) electrons. The van der Waals surface area contributed by atoms with Crippen molar-refractivity contribution >= 4 is 79.6 Å². The van der Waals surface area contributed by atoms with Gasteiger partial charge in [0, 0.05) is 137 Å². The number of fused-ring (bicyclic) bond motifs is 2. The summed E-state index contributed by atoms with van der Waals surface area (Å²) in [7, 11) is 19.2. The molecular formula is C56H66N14O4. The standard InChI is InChI=1S/C56H66N14O4/c1-12-53(71)59-44-32-50(52(74-11)34-49(44)67(7)30-28-65(4)5)70(56-58-25-22-42(63-56)40-36-69(9)47-20-16-14-18-38(40)47)26-23-54(72)60-43-31-45(51(73-10)33-48(43)66(6)29-27-64(2)3)62-55-57-24-21-41(61-55)39-35-68(8)46-19-15-13-17-37(39)46/h12-22,24-25,31-36H,1,23,26-30H2,2-11H3,(H,59,71)(H,60,72)(H,57,61,62). The van der Waals surface area contributed by atoms with Gasteiger partial charge in [-0.3, -0.25) is 9.59 Å². The molecule has 4 aromatic heterocycles. The van der Waals surface area contributed by atoms with Crippen LogP contribution in [0.2, 0.25) is 0 Å². The number of anilines is 8. The number of carbonyl (C=O) groups is 2. The summed E-state index contributed by atoms with van der Waals surface area (Å²) in [4.78, 5) is 57.4. The highest BCUT2D eigenvalue weighted by Crippen LogP contribution is 2.43. The zero-order chi connectivity index (χ0) is 52.6. The highest BCUT2D eigenvalue weighted by molar-refractivity contribution is 6.03. The molecule has 8 rings (SSSR count). The molecule has 2 amide bonds. The number of nitrogens with one attached hydrogen (secondary N) is 3. The first-order valence-corrected chi connectivity index (χ1v) is 24.3. The Morgan fingerprint density at radius 1 is 0.622 bits per heavy atom. The van der Waals surface area contributed by atoms with Crippen molar-refractivity contribution in [3.63, 3.8) is 0 Å². The summed E-state index contributed by atoms with van der Waals surface area (Å²) in [5, 5.41) is 11.8. The van der Waals surface area contributed by atoms with Crippen LogP contribution >= 0.6 is 0 Å². The highest BCUT2D eigenvalue weighted by atomic mass is 16.5. The molecule has 4 aromatic carbocycles. The number of methoxy groups -OCH3 is 2. The molecule has 0 atom stereocenters. The van der Waals surface area contributed by atoms with Crippen LogP contribution in [0, 0.1) is 0 Å². The van der Waals surface area contributed by atoms with Crippen molar-refractivity contribution < 1.29 is 19.1 Å². The lowest BCUT2D eigenvalue weighted by Crippen LogP contribution is -2.30. The first-order valence-electron chi connectivity index (χ1n) is 24.3. The van der Waals surface area contributed by atoms with Crippen LogP contribution in [0.15, 0.2) is 122 Å². The molecule has 18 heteroatoms. The van der Waals surface area contributed by atoms with Gasteiger partial charge in [0.15, 0.2) is 0 Å². The van der Waals surface area contributed by atoms with Crippen LogP contribution in [0.1, 0.15) is 6.42 Å². The van der Waals surface area contributed by atoms with E-state index in [-0.39, 0.29) is 24.8 Å². The molecule has 8 aromatic rings. The Hall–Kier alpha value is -8.48. The number of para-hydroxylation sites is 2. The summed E-state index contributed by atoms with van der Waals surface area (Å²) in [6, 6.07) is 27.6. The maximum absolute atomic E-state index is 14.7. The number of amides is 2. The monoisotopic (exact) mass is 999 g/mol. The number of hydrogen-bond acceptors (Lipinski definition) is 14. The number of aromatic nitrogens is 6. The predicted molar refractivity (Wildman–Crippen MR) is 300 cm³/mol. The van der Waals surface area contributed by atoms with Crippen LogP contribution in [-0.2, 0) is 23.7 Å². The SMILES string of the molecule is C=CC(=O)Nc1cc(N(CCC(=O)Nc2cc(Nc3nccc(-c4cn(C)c5ccccc45)n3)c(OC)cc2N(C)CCN(C)C)c2nccc(-c3cn(C)c4ccccc34)n2)c(OC)cc1N(C)CCN(C)C. The smallest absolute Gasteiger partial charge is 0.247 e. The summed E-state index contributed by atoms with van der Waals surface area (Å²) < 4.78 is 16.3. The summed E-state index contributed by atoms with van der Waals surface area (Å²) in [5.74, 6) is 1.02. The number of likely N-dealkylation sites (N-methyl/N-ethyl adjacent to an activating group) is 4. The lowest BCUT2D eigenvalue weighted by Gasteiger charge is -2.29. The Kier molecular flexibility index (Phi) is 16.1. The Morgan fingerprint density at radius 2 is 1.16 bits per heavy atom. The van der Waals surface area contributed by atoms with E-state index < -0.39 is 0 Å². The van der Waals surface area contributed by atoms with Gasteiger partial charge in [-0.25, -0.2) is 19.9 Å². The van der Waals surface area contributed by atoms with E-state index in [1.54, 1.807) is 26.6 Å². The van der Waals surface area contributed by atoms with Crippen LogP contribution in [0.3, 0.4) is 0 Å². The maximum Gasteiger partial charge on any atom is 0.247 e. The molecule has 3 N–H and O–H groups in total. The van der Waals surface area contributed by atoms with E-state index in [1.165, 1.54) is 6.08 Å². The third kappa shape index (κ3) is 11.6. The maximum atomic E-state index is 14.7. The molecule has 0 bridgehead atoms. The first-order chi connectivity index (χ1) is 35.6. The molecule has 74 heavy (non-hydrogen) atoms. The van der Waals surface area contributed by atoms with Gasteiger partial charge in [0.05, 0.1) is 59.7 Å². The van der Waals surface area contributed by atoms with Gasteiger partial charge in [0.1, 0.15) is 11.5 Å². The van der Waals surface area contributed by atoms with Crippen LogP contribution in [0.25, 0.3) is 44.3 Å². The van der Waals surface area contributed by atoms with E-state index in [0.717, 1.165) is 63.1 Å². The van der Waals surface area contributed by atoms with Crippen molar-refractivity contribution in [3.05, 3.63) is 122 Å². The number of rotatable bonds is 22. The second-order valence-electron chi connectivity index (χ2n) is 18.7.